The van der Waals surface area contributed by atoms with Gasteiger partial charge in [-0.2, -0.15) is 0 Å². The third-order valence-electron chi connectivity index (χ3n) is 6.17. The van der Waals surface area contributed by atoms with Gasteiger partial charge in [-0.1, -0.05) is 20.8 Å². The summed E-state index contributed by atoms with van der Waals surface area (Å²) in [7, 11) is 0. The molecule has 84 valence electrons. The Kier molecular flexibility index (Phi) is 1.76. The van der Waals surface area contributed by atoms with E-state index in [4.69, 9.17) is 0 Å². The SMILES string of the molecule is C[C@H]1CCC2C(C)(C)[C@H]3C[C@]21CCC3=O. The van der Waals surface area contributed by atoms with E-state index >= 15 is 0 Å². The van der Waals surface area contributed by atoms with Crippen LogP contribution in [0.3, 0.4) is 0 Å². The molecule has 0 heterocycles. The van der Waals surface area contributed by atoms with Gasteiger partial charge in [0.15, 0.2) is 0 Å². The van der Waals surface area contributed by atoms with Crippen LogP contribution in [0, 0.1) is 28.6 Å². The Labute approximate surface area is 92.6 Å². The second kappa shape index (κ2) is 2.67. The fourth-order valence-electron chi connectivity index (χ4n) is 5.26. The number of carbonyl (C=O) groups excluding carboxylic acids is 1. The summed E-state index contributed by atoms with van der Waals surface area (Å²) >= 11 is 0. The number of hydrogen-bond acceptors (Lipinski definition) is 1. The van der Waals surface area contributed by atoms with Crippen LogP contribution in [0.2, 0.25) is 0 Å². The smallest absolute Gasteiger partial charge is 0.136 e. The first-order valence-electron chi connectivity index (χ1n) is 6.51. The summed E-state index contributed by atoms with van der Waals surface area (Å²) in [4.78, 5) is 12.0. The van der Waals surface area contributed by atoms with Crippen LogP contribution in [0.1, 0.15) is 52.9 Å². The van der Waals surface area contributed by atoms with Crippen LogP contribution in [-0.2, 0) is 4.79 Å². The molecule has 0 aromatic rings. The molecule has 3 aliphatic rings. The van der Waals surface area contributed by atoms with Gasteiger partial charge in [-0.3, -0.25) is 4.79 Å². The molecule has 3 aliphatic carbocycles. The highest BCUT2D eigenvalue weighted by Crippen LogP contribution is 2.70. The molecule has 1 unspecified atom stereocenters. The lowest BCUT2D eigenvalue weighted by atomic mass is 9.67. The van der Waals surface area contributed by atoms with Crippen molar-refractivity contribution in [2.24, 2.45) is 28.6 Å². The van der Waals surface area contributed by atoms with Gasteiger partial charge in [0, 0.05) is 12.3 Å². The van der Waals surface area contributed by atoms with Gasteiger partial charge in [-0.15, -0.1) is 0 Å². The van der Waals surface area contributed by atoms with Crippen molar-refractivity contribution in [3.05, 3.63) is 0 Å². The van der Waals surface area contributed by atoms with Gasteiger partial charge in [0.25, 0.3) is 0 Å². The third kappa shape index (κ3) is 0.976. The number of Topliss-reactive ketones (excluding diaryl/α,β-unsaturated/α-hetero) is 1. The van der Waals surface area contributed by atoms with Crippen molar-refractivity contribution < 1.29 is 4.79 Å². The summed E-state index contributed by atoms with van der Waals surface area (Å²) in [6, 6.07) is 0. The maximum Gasteiger partial charge on any atom is 0.136 e. The van der Waals surface area contributed by atoms with Crippen molar-refractivity contribution in [2.75, 3.05) is 0 Å². The second-order valence-electron chi connectivity index (χ2n) is 6.81. The summed E-state index contributed by atoms with van der Waals surface area (Å²) in [5.41, 5.74) is 0.848. The first kappa shape index (κ1) is 9.86. The lowest BCUT2D eigenvalue weighted by molar-refractivity contribution is -0.127. The van der Waals surface area contributed by atoms with Crippen LogP contribution in [0.5, 0.6) is 0 Å². The average Bonchev–Trinajstić information content (AvgIpc) is 2.57. The molecule has 4 atom stereocenters. The van der Waals surface area contributed by atoms with E-state index in [1.807, 2.05) is 0 Å². The molecule has 1 nitrogen and oxygen atoms in total. The number of fused-ring (bicyclic) bond motifs is 1. The minimum absolute atomic E-state index is 0.290. The van der Waals surface area contributed by atoms with E-state index in [2.05, 4.69) is 20.8 Å². The molecule has 0 amide bonds. The molecular formula is C14H22O. The topological polar surface area (TPSA) is 17.1 Å². The van der Waals surface area contributed by atoms with Gasteiger partial charge in [0.2, 0.25) is 0 Å². The van der Waals surface area contributed by atoms with E-state index in [1.165, 1.54) is 25.7 Å². The second-order valence-corrected chi connectivity index (χ2v) is 6.81. The van der Waals surface area contributed by atoms with Crippen LogP contribution in [0.4, 0.5) is 0 Å². The Bertz CT molecular complexity index is 317. The highest BCUT2D eigenvalue weighted by Gasteiger charge is 2.65. The van der Waals surface area contributed by atoms with E-state index in [0.717, 1.165) is 18.3 Å². The first-order chi connectivity index (χ1) is 6.98. The Balaban J connectivity index is 2.08. The molecule has 0 N–H and O–H groups in total. The van der Waals surface area contributed by atoms with Gasteiger partial charge < -0.3 is 0 Å². The Morgan fingerprint density at radius 3 is 2.73 bits per heavy atom. The molecule has 3 fully saturated rings. The van der Waals surface area contributed by atoms with Gasteiger partial charge in [0.1, 0.15) is 5.78 Å². The molecule has 0 aromatic heterocycles. The Morgan fingerprint density at radius 2 is 2.00 bits per heavy atom. The maximum atomic E-state index is 12.0. The first-order valence-corrected chi connectivity index (χ1v) is 6.51. The summed E-state index contributed by atoms with van der Waals surface area (Å²) in [6.07, 6.45) is 6.05. The molecule has 0 saturated heterocycles. The monoisotopic (exact) mass is 206 g/mol. The van der Waals surface area contributed by atoms with E-state index in [0.29, 0.717) is 22.5 Å². The number of ketones is 1. The largest absolute Gasteiger partial charge is 0.299 e. The van der Waals surface area contributed by atoms with Gasteiger partial charge in [-0.25, -0.2) is 0 Å². The zero-order chi connectivity index (χ0) is 10.8. The summed E-state index contributed by atoms with van der Waals surface area (Å²) < 4.78 is 0. The maximum absolute atomic E-state index is 12.0. The lowest BCUT2D eigenvalue weighted by Crippen LogP contribution is -2.31. The molecule has 3 saturated carbocycles. The zero-order valence-electron chi connectivity index (χ0n) is 10.2. The molecule has 2 bridgehead atoms. The predicted octanol–water partition coefficient (Wildman–Crippen LogP) is 3.43. The standard InChI is InChI=1S/C14H22O/c1-9-4-5-12-13(2,3)10-8-14(9,12)7-6-11(10)15/h9-10,12H,4-8H2,1-3H3/t9-,10-,12?,14-/m0/s1. The van der Waals surface area contributed by atoms with E-state index in [1.54, 1.807) is 0 Å². The molecular weight excluding hydrogens is 184 g/mol. The number of carbonyl (C=O) groups is 1. The molecule has 0 aliphatic heterocycles. The van der Waals surface area contributed by atoms with Gasteiger partial charge in [0.05, 0.1) is 0 Å². The van der Waals surface area contributed by atoms with E-state index in [9.17, 15) is 4.79 Å². The molecule has 15 heavy (non-hydrogen) atoms. The normalized spacial score (nSPS) is 51.9. The van der Waals surface area contributed by atoms with Crippen molar-refractivity contribution in [2.45, 2.75) is 52.9 Å². The number of hydrogen-bond donors (Lipinski definition) is 0. The molecule has 0 radical (unpaired) electrons. The van der Waals surface area contributed by atoms with E-state index < -0.39 is 0 Å². The summed E-state index contributed by atoms with van der Waals surface area (Å²) in [6.45, 7) is 7.13. The quantitative estimate of drug-likeness (QED) is 0.593. The average molecular weight is 206 g/mol. The fourth-order valence-corrected chi connectivity index (χ4v) is 5.26. The lowest BCUT2D eigenvalue weighted by Gasteiger charge is -2.37. The molecule has 1 heteroatoms. The highest BCUT2D eigenvalue weighted by molar-refractivity contribution is 5.83. The van der Waals surface area contributed by atoms with Crippen LogP contribution in [-0.4, -0.2) is 5.78 Å². The van der Waals surface area contributed by atoms with Crippen LogP contribution < -0.4 is 0 Å². The third-order valence-corrected chi connectivity index (χ3v) is 6.17. The predicted molar refractivity (Wildman–Crippen MR) is 60.5 cm³/mol. The minimum Gasteiger partial charge on any atom is -0.299 e. The van der Waals surface area contributed by atoms with E-state index in [-0.39, 0.29) is 0 Å². The summed E-state index contributed by atoms with van der Waals surface area (Å²) in [5.74, 6) is 2.64. The van der Waals surface area contributed by atoms with Crippen molar-refractivity contribution in [3.63, 3.8) is 0 Å². The van der Waals surface area contributed by atoms with Crippen molar-refractivity contribution in [1.82, 2.24) is 0 Å². The molecule has 1 spiro atoms. The van der Waals surface area contributed by atoms with Crippen molar-refractivity contribution in [1.29, 1.82) is 0 Å². The van der Waals surface area contributed by atoms with Gasteiger partial charge in [-0.05, 0) is 48.3 Å². The summed E-state index contributed by atoms with van der Waals surface area (Å²) in [5, 5.41) is 0. The minimum atomic E-state index is 0.290. The Hall–Kier alpha value is -0.330. The van der Waals surface area contributed by atoms with Gasteiger partial charge >= 0.3 is 0 Å². The number of rotatable bonds is 0. The highest BCUT2D eigenvalue weighted by atomic mass is 16.1. The van der Waals surface area contributed by atoms with Crippen LogP contribution in [0.25, 0.3) is 0 Å². The van der Waals surface area contributed by atoms with Crippen molar-refractivity contribution in [3.8, 4) is 0 Å². The molecule has 0 aromatic carbocycles. The fraction of sp³-hybridized carbons (Fsp3) is 0.929. The zero-order valence-corrected chi connectivity index (χ0v) is 10.2. The molecule has 3 rings (SSSR count). The Morgan fingerprint density at radius 1 is 1.27 bits per heavy atom. The van der Waals surface area contributed by atoms with Crippen LogP contribution >= 0.6 is 0 Å². The van der Waals surface area contributed by atoms with Crippen molar-refractivity contribution >= 4 is 5.78 Å². The van der Waals surface area contributed by atoms with Crippen LogP contribution in [0.15, 0.2) is 0 Å².